The Morgan fingerprint density at radius 1 is 0.971 bits per heavy atom. The van der Waals surface area contributed by atoms with Gasteiger partial charge in [-0.2, -0.15) is 5.10 Å². The van der Waals surface area contributed by atoms with Gasteiger partial charge in [0.25, 0.3) is 0 Å². The number of likely N-dealkylation sites (tertiary alicyclic amines) is 1. The van der Waals surface area contributed by atoms with Gasteiger partial charge < -0.3 is 8.97 Å². The van der Waals surface area contributed by atoms with Crippen molar-refractivity contribution in [2.24, 2.45) is 5.41 Å². The summed E-state index contributed by atoms with van der Waals surface area (Å²) in [5, 5.41) is 4.68. The van der Waals surface area contributed by atoms with Gasteiger partial charge in [0.2, 0.25) is 0 Å². The zero-order valence-electron chi connectivity index (χ0n) is 20.2. The molecule has 1 saturated heterocycles. The maximum atomic E-state index is 4.79. The molecule has 5 aromatic rings. The van der Waals surface area contributed by atoms with E-state index < -0.39 is 0 Å². The summed E-state index contributed by atoms with van der Waals surface area (Å²) in [5.74, 6) is 0.655. The largest absolute Gasteiger partial charge is 0.322 e. The Hall–Kier alpha value is -3.78. The first-order valence-corrected chi connectivity index (χ1v) is 12.2. The molecule has 6 heterocycles. The second kappa shape index (κ2) is 8.78. The van der Waals surface area contributed by atoms with E-state index in [-0.39, 0.29) is 0 Å². The van der Waals surface area contributed by atoms with E-state index in [4.69, 9.17) is 4.98 Å². The second-order valence-corrected chi connectivity index (χ2v) is 10.3. The topological polar surface area (TPSA) is 69.1 Å². The average Bonchev–Trinajstić information content (AvgIpc) is 3.62. The molecule has 8 heteroatoms. The predicted octanol–water partition coefficient (Wildman–Crippen LogP) is 4.45. The summed E-state index contributed by atoms with van der Waals surface area (Å²) in [6.07, 6.45) is 16.2. The minimum absolute atomic E-state index is 0.475. The second-order valence-electron chi connectivity index (χ2n) is 10.3. The normalized spacial score (nSPS) is 16.2. The molecular weight excluding hydrogens is 436 g/mol. The molecule has 0 spiro atoms. The number of fused-ring (bicyclic) bond motifs is 1. The van der Waals surface area contributed by atoms with E-state index in [1.807, 2.05) is 46.0 Å². The van der Waals surface area contributed by atoms with Gasteiger partial charge in [-0.25, -0.2) is 14.6 Å². The number of imidazole rings is 1. The van der Waals surface area contributed by atoms with Gasteiger partial charge in [0.1, 0.15) is 12.0 Å². The molecule has 1 fully saturated rings. The summed E-state index contributed by atoms with van der Waals surface area (Å²) in [7, 11) is 0. The fourth-order valence-electron chi connectivity index (χ4n) is 4.70. The highest BCUT2D eigenvalue weighted by Gasteiger charge is 2.25. The van der Waals surface area contributed by atoms with E-state index in [1.165, 1.54) is 31.5 Å². The van der Waals surface area contributed by atoms with Crippen molar-refractivity contribution in [1.82, 2.24) is 38.6 Å². The van der Waals surface area contributed by atoms with Crippen molar-refractivity contribution < 1.29 is 0 Å². The summed E-state index contributed by atoms with van der Waals surface area (Å²) >= 11 is 0. The SMILES string of the molecule is CC1(C)CCN(Cc2ccc3nc(Cn4cnc(-c5cncc(-n6cccc6)c5)n4)cn3c2)CC1. The van der Waals surface area contributed by atoms with Crippen LogP contribution in [0.5, 0.6) is 0 Å². The first-order chi connectivity index (χ1) is 17.0. The molecule has 8 nitrogen and oxygen atoms in total. The lowest BCUT2D eigenvalue weighted by Gasteiger charge is -2.36. The Balaban J connectivity index is 1.15. The van der Waals surface area contributed by atoms with E-state index in [2.05, 4.69) is 62.7 Å². The minimum atomic E-state index is 0.475. The molecule has 0 N–H and O–H groups in total. The van der Waals surface area contributed by atoms with Gasteiger partial charge >= 0.3 is 0 Å². The Morgan fingerprint density at radius 3 is 2.63 bits per heavy atom. The van der Waals surface area contributed by atoms with Gasteiger partial charge in [0.15, 0.2) is 5.82 Å². The van der Waals surface area contributed by atoms with Crippen molar-refractivity contribution >= 4 is 5.65 Å². The highest BCUT2D eigenvalue weighted by atomic mass is 15.3. The van der Waals surface area contributed by atoms with Crippen LogP contribution in [-0.4, -0.2) is 51.7 Å². The smallest absolute Gasteiger partial charge is 0.182 e. The molecule has 0 amide bonds. The van der Waals surface area contributed by atoms with Crippen LogP contribution in [0.25, 0.3) is 22.7 Å². The van der Waals surface area contributed by atoms with Crippen LogP contribution < -0.4 is 0 Å². The van der Waals surface area contributed by atoms with Crippen LogP contribution in [-0.2, 0) is 13.1 Å². The number of pyridine rings is 2. The fraction of sp³-hybridized carbons (Fsp3) is 0.333. The number of nitrogens with zero attached hydrogens (tertiary/aromatic N) is 8. The number of piperidine rings is 1. The first-order valence-electron chi connectivity index (χ1n) is 12.2. The number of hydrogen-bond acceptors (Lipinski definition) is 5. The molecular formula is C27H30N8. The molecule has 0 bridgehead atoms. The van der Waals surface area contributed by atoms with Crippen molar-refractivity contribution in [1.29, 1.82) is 0 Å². The monoisotopic (exact) mass is 466 g/mol. The minimum Gasteiger partial charge on any atom is -0.322 e. The van der Waals surface area contributed by atoms with E-state index in [0.29, 0.717) is 17.8 Å². The summed E-state index contributed by atoms with van der Waals surface area (Å²) in [4.78, 5) is 16.2. The highest BCUT2D eigenvalue weighted by molar-refractivity contribution is 5.56. The van der Waals surface area contributed by atoms with Gasteiger partial charge in [-0.05, 0) is 61.2 Å². The van der Waals surface area contributed by atoms with E-state index in [9.17, 15) is 0 Å². The molecule has 0 aromatic carbocycles. The van der Waals surface area contributed by atoms with Crippen molar-refractivity contribution in [3.05, 3.63) is 85.1 Å². The van der Waals surface area contributed by atoms with Gasteiger partial charge in [0.05, 0.1) is 24.1 Å². The zero-order valence-corrected chi connectivity index (χ0v) is 20.2. The molecule has 0 atom stereocenters. The zero-order chi connectivity index (χ0) is 23.8. The Kier molecular flexibility index (Phi) is 5.45. The van der Waals surface area contributed by atoms with Crippen LogP contribution in [0.4, 0.5) is 0 Å². The van der Waals surface area contributed by atoms with Gasteiger partial charge in [-0.3, -0.25) is 9.88 Å². The fourth-order valence-corrected chi connectivity index (χ4v) is 4.70. The van der Waals surface area contributed by atoms with Gasteiger partial charge in [-0.15, -0.1) is 0 Å². The van der Waals surface area contributed by atoms with Gasteiger partial charge in [-0.1, -0.05) is 19.9 Å². The molecule has 0 radical (unpaired) electrons. The predicted molar refractivity (Wildman–Crippen MR) is 135 cm³/mol. The molecule has 1 aliphatic rings. The Bertz CT molecular complexity index is 1430. The molecule has 5 aromatic heterocycles. The third-order valence-corrected chi connectivity index (χ3v) is 6.92. The lowest BCUT2D eigenvalue weighted by Crippen LogP contribution is -2.36. The summed E-state index contributed by atoms with van der Waals surface area (Å²) in [5.41, 5.74) is 5.57. The maximum absolute atomic E-state index is 4.79. The van der Waals surface area contributed by atoms with Crippen LogP contribution >= 0.6 is 0 Å². The lowest BCUT2D eigenvalue weighted by molar-refractivity contribution is 0.127. The third-order valence-electron chi connectivity index (χ3n) is 6.92. The number of hydrogen-bond donors (Lipinski definition) is 0. The summed E-state index contributed by atoms with van der Waals surface area (Å²) < 4.78 is 5.97. The molecule has 178 valence electrons. The standard InChI is InChI=1S/C27H30N8/c1-27(2)7-11-32(12-8-27)16-21-5-6-25-30-23(18-34(25)17-21)19-35-20-29-26(31-35)22-13-24(15-28-14-22)33-9-3-4-10-33/h3-6,9-10,13-15,17-18,20H,7-8,11-12,16,19H2,1-2H3. The maximum Gasteiger partial charge on any atom is 0.182 e. The molecule has 35 heavy (non-hydrogen) atoms. The molecule has 0 aliphatic carbocycles. The summed E-state index contributed by atoms with van der Waals surface area (Å²) in [6, 6.07) is 10.3. The number of aromatic nitrogens is 7. The summed E-state index contributed by atoms with van der Waals surface area (Å²) in [6.45, 7) is 8.63. The van der Waals surface area contributed by atoms with Crippen molar-refractivity contribution in [2.75, 3.05) is 13.1 Å². The Labute approximate surface area is 204 Å². The molecule has 1 aliphatic heterocycles. The van der Waals surface area contributed by atoms with Crippen molar-refractivity contribution in [3.63, 3.8) is 0 Å². The highest BCUT2D eigenvalue weighted by Crippen LogP contribution is 2.30. The number of rotatable bonds is 6. The van der Waals surface area contributed by atoms with Crippen molar-refractivity contribution in [3.8, 4) is 17.1 Å². The van der Waals surface area contributed by atoms with E-state index in [0.717, 1.165) is 29.1 Å². The van der Waals surface area contributed by atoms with Crippen LogP contribution in [0.15, 0.2) is 73.8 Å². The van der Waals surface area contributed by atoms with Gasteiger partial charge in [0, 0.05) is 43.1 Å². The van der Waals surface area contributed by atoms with Crippen LogP contribution in [0.1, 0.15) is 37.9 Å². The van der Waals surface area contributed by atoms with Crippen LogP contribution in [0, 0.1) is 5.41 Å². The van der Waals surface area contributed by atoms with Crippen LogP contribution in [0.2, 0.25) is 0 Å². The third kappa shape index (κ3) is 4.74. The van der Waals surface area contributed by atoms with E-state index >= 15 is 0 Å². The molecule has 0 saturated carbocycles. The lowest BCUT2D eigenvalue weighted by atomic mass is 9.82. The Morgan fingerprint density at radius 2 is 1.80 bits per heavy atom. The van der Waals surface area contributed by atoms with Crippen molar-refractivity contribution in [2.45, 2.75) is 39.8 Å². The quantitative estimate of drug-likeness (QED) is 0.370. The average molecular weight is 467 g/mol. The van der Waals surface area contributed by atoms with Crippen LogP contribution in [0.3, 0.4) is 0 Å². The first kappa shape index (κ1) is 21.7. The molecule has 6 rings (SSSR count). The van der Waals surface area contributed by atoms with E-state index in [1.54, 1.807) is 12.5 Å². The molecule has 0 unspecified atom stereocenters.